The molecule has 0 unspecified atom stereocenters. The van der Waals surface area contributed by atoms with Crippen LogP contribution in [0.1, 0.15) is 11.1 Å². The number of nitrogens with zero attached hydrogens (tertiary/aromatic N) is 3. The maximum atomic E-state index is 11.1. The monoisotopic (exact) mass is 352 g/mol. The molecule has 8 heteroatoms. The Morgan fingerprint density at radius 2 is 2.00 bits per heavy atom. The average Bonchev–Trinajstić information content (AvgIpc) is 3.00. The summed E-state index contributed by atoms with van der Waals surface area (Å²) in [4.78, 5) is 21.4. The number of rotatable bonds is 5. The average molecular weight is 352 g/mol. The zero-order valence-electron chi connectivity index (χ0n) is 14.0. The van der Waals surface area contributed by atoms with Gasteiger partial charge in [-0.15, -0.1) is 0 Å². The number of nitro benzene ring substituents is 1. The largest absolute Gasteiger partial charge is 0.452 e. The van der Waals surface area contributed by atoms with Gasteiger partial charge in [0.1, 0.15) is 0 Å². The van der Waals surface area contributed by atoms with E-state index in [2.05, 4.69) is 15.3 Å². The summed E-state index contributed by atoms with van der Waals surface area (Å²) in [6, 6.07) is 14.2. The summed E-state index contributed by atoms with van der Waals surface area (Å²) >= 11 is 0. The van der Waals surface area contributed by atoms with Gasteiger partial charge in [0.2, 0.25) is 0 Å². The summed E-state index contributed by atoms with van der Waals surface area (Å²) in [6.45, 7) is 0.552. The molecule has 0 bridgehead atoms. The van der Waals surface area contributed by atoms with Gasteiger partial charge in [0.25, 0.3) is 5.69 Å². The lowest BCUT2D eigenvalue weighted by Gasteiger charge is -2.05. The van der Waals surface area contributed by atoms with Gasteiger partial charge in [0, 0.05) is 41.3 Å². The van der Waals surface area contributed by atoms with Crippen molar-refractivity contribution in [1.29, 1.82) is 0 Å². The van der Waals surface area contributed by atoms with E-state index in [9.17, 15) is 14.9 Å². The van der Waals surface area contributed by atoms with E-state index in [1.165, 1.54) is 19.2 Å². The fourth-order valence-corrected chi connectivity index (χ4v) is 2.63. The van der Waals surface area contributed by atoms with Crippen LogP contribution in [0.4, 0.5) is 10.5 Å². The lowest BCUT2D eigenvalue weighted by atomic mass is 10.2. The first-order valence-electron chi connectivity index (χ1n) is 7.76. The standard InChI is InChI=1S/C18H16N4O4/c1-26-18(23)20-19-10-14-12-21(17-5-3-2-4-16(14)17)11-13-6-8-15(9-7-13)22(24)25/h2-10,12H,11H2,1H3,(H,20,23)/b19-10+. The Labute approximate surface area is 148 Å². The first-order valence-corrected chi connectivity index (χ1v) is 7.76. The molecular weight excluding hydrogens is 336 g/mol. The highest BCUT2D eigenvalue weighted by molar-refractivity contribution is 5.99. The molecule has 1 aromatic heterocycles. The van der Waals surface area contributed by atoms with E-state index in [1.807, 2.05) is 35.0 Å². The summed E-state index contributed by atoms with van der Waals surface area (Å²) in [7, 11) is 1.26. The fraction of sp³-hybridized carbons (Fsp3) is 0.111. The van der Waals surface area contributed by atoms with Crippen molar-refractivity contribution in [2.75, 3.05) is 7.11 Å². The second-order valence-electron chi connectivity index (χ2n) is 5.51. The van der Waals surface area contributed by atoms with Gasteiger partial charge in [-0.2, -0.15) is 5.10 Å². The lowest BCUT2D eigenvalue weighted by Crippen LogP contribution is -2.16. The van der Waals surface area contributed by atoms with Crippen LogP contribution < -0.4 is 5.43 Å². The molecule has 0 fully saturated rings. The lowest BCUT2D eigenvalue weighted by molar-refractivity contribution is -0.384. The highest BCUT2D eigenvalue weighted by Gasteiger charge is 2.09. The maximum Gasteiger partial charge on any atom is 0.427 e. The number of amides is 1. The first kappa shape index (κ1) is 17.2. The van der Waals surface area contributed by atoms with Crippen molar-refractivity contribution < 1.29 is 14.5 Å². The molecule has 1 amide bonds. The normalized spacial score (nSPS) is 11.0. The minimum Gasteiger partial charge on any atom is -0.452 e. The number of hydrogen-bond acceptors (Lipinski definition) is 5. The van der Waals surface area contributed by atoms with Crippen LogP contribution in [0.3, 0.4) is 0 Å². The summed E-state index contributed by atoms with van der Waals surface area (Å²) in [5, 5.41) is 15.6. The topological polar surface area (TPSA) is 98.8 Å². The third kappa shape index (κ3) is 3.69. The molecule has 1 N–H and O–H groups in total. The van der Waals surface area contributed by atoms with Gasteiger partial charge in [-0.1, -0.05) is 30.3 Å². The van der Waals surface area contributed by atoms with E-state index in [1.54, 1.807) is 18.3 Å². The van der Waals surface area contributed by atoms with Crippen LogP contribution in [0.5, 0.6) is 0 Å². The van der Waals surface area contributed by atoms with Gasteiger partial charge >= 0.3 is 6.09 Å². The number of non-ortho nitro benzene ring substituents is 1. The second-order valence-corrected chi connectivity index (χ2v) is 5.51. The van der Waals surface area contributed by atoms with Crippen LogP contribution in [-0.4, -0.2) is 28.9 Å². The number of carbonyl (C=O) groups is 1. The van der Waals surface area contributed by atoms with Crippen LogP contribution in [-0.2, 0) is 11.3 Å². The number of carbonyl (C=O) groups excluding carboxylic acids is 1. The smallest absolute Gasteiger partial charge is 0.427 e. The Hall–Kier alpha value is -3.68. The van der Waals surface area contributed by atoms with Crippen molar-refractivity contribution in [2.24, 2.45) is 5.10 Å². The summed E-state index contributed by atoms with van der Waals surface area (Å²) in [5.74, 6) is 0. The molecule has 3 aromatic rings. The van der Waals surface area contributed by atoms with Crippen molar-refractivity contribution in [3.05, 3.63) is 76.0 Å². The molecule has 8 nitrogen and oxygen atoms in total. The van der Waals surface area contributed by atoms with Gasteiger partial charge in [0.05, 0.1) is 18.2 Å². The molecule has 0 aliphatic heterocycles. The fourth-order valence-electron chi connectivity index (χ4n) is 2.63. The van der Waals surface area contributed by atoms with E-state index >= 15 is 0 Å². The number of hydrogen-bond donors (Lipinski definition) is 1. The minimum absolute atomic E-state index is 0.0628. The SMILES string of the molecule is COC(=O)N/N=C/c1cn(Cc2ccc([N+](=O)[O-])cc2)c2ccccc12. The Kier molecular flexibility index (Phi) is 4.93. The van der Waals surface area contributed by atoms with Gasteiger partial charge in [0.15, 0.2) is 0 Å². The van der Waals surface area contributed by atoms with Crippen LogP contribution in [0.2, 0.25) is 0 Å². The minimum atomic E-state index is -0.643. The molecule has 3 rings (SSSR count). The van der Waals surface area contributed by atoms with E-state index in [0.717, 1.165) is 22.0 Å². The second kappa shape index (κ2) is 7.47. The van der Waals surface area contributed by atoms with Crippen molar-refractivity contribution in [2.45, 2.75) is 6.54 Å². The number of para-hydroxylation sites is 1. The molecule has 0 radical (unpaired) electrons. The number of methoxy groups -OCH3 is 1. The number of hydrazone groups is 1. The van der Waals surface area contributed by atoms with Gasteiger partial charge in [-0.3, -0.25) is 10.1 Å². The summed E-state index contributed by atoms with van der Waals surface area (Å²) in [6.07, 6.45) is 2.82. The van der Waals surface area contributed by atoms with Crippen LogP contribution >= 0.6 is 0 Å². The molecule has 1 heterocycles. The van der Waals surface area contributed by atoms with E-state index in [0.29, 0.717) is 6.54 Å². The van der Waals surface area contributed by atoms with Crippen LogP contribution in [0.15, 0.2) is 59.8 Å². The number of aromatic nitrogens is 1. The molecule has 0 atom stereocenters. The maximum absolute atomic E-state index is 11.1. The van der Waals surface area contributed by atoms with Crippen molar-refractivity contribution in [3.8, 4) is 0 Å². The molecule has 0 aliphatic rings. The predicted molar refractivity (Wildman–Crippen MR) is 97.3 cm³/mol. The third-order valence-corrected chi connectivity index (χ3v) is 3.86. The van der Waals surface area contributed by atoms with E-state index in [-0.39, 0.29) is 5.69 Å². The molecular formula is C18H16N4O4. The number of nitrogens with one attached hydrogen (secondary N) is 1. The van der Waals surface area contributed by atoms with Crippen molar-refractivity contribution in [1.82, 2.24) is 9.99 Å². The third-order valence-electron chi connectivity index (χ3n) is 3.86. The molecule has 0 saturated carbocycles. The molecule has 132 valence electrons. The summed E-state index contributed by atoms with van der Waals surface area (Å²) < 4.78 is 6.49. The molecule has 0 spiro atoms. The van der Waals surface area contributed by atoms with Gasteiger partial charge < -0.3 is 9.30 Å². The number of nitro groups is 1. The van der Waals surface area contributed by atoms with Crippen molar-refractivity contribution >= 4 is 28.9 Å². The van der Waals surface area contributed by atoms with Crippen molar-refractivity contribution in [3.63, 3.8) is 0 Å². The van der Waals surface area contributed by atoms with Crippen LogP contribution in [0, 0.1) is 10.1 Å². The first-order chi connectivity index (χ1) is 12.6. The molecule has 0 aliphatic carbocycles. The Morgan fingerprint density at radius 3 is 2.69 bits per heavy atom. The predicted octanol–water partition coefficient (Wildman–Crippen LogP) is 3.29. The van der Waals surface area contributed by atoms with E-state index < -0.39 is 11.0 Å². The number of fused-ring (bicyclic) bond motifs is 1. The zero-order chi connectivity index (χ0) is 18.5. The number of benzene rings is 2. The number of ether oxygens (including phenoxy) is 1. The quantitative estimate of drug-likeness (QED) is 0.433. The molecule has 0 saturated heterocycles. The van der Waals surface area contributed by atoms with Gasteiger partial charge in [-0.05, 0) is 11.6 Å². The molecule has 26 heavy (non-hydrogen) atoms. The Balaban J connectivity index is 1.88. The van der Waals surface area contributed by atoms with Crippen LogP contribution in [0.25, 0.3) is 10.9 Å². The van der Waals surface area contributed by atoms with Gasteiger partial charge in [-0.25, -0.2) is 10.2 Å². The zero-order valence-corrected chi connectivity index (χ0v) is 14.0. The summed E-state index contributed by atoms with van der Waals surface area (Å²) in [5.41, 5.74) is 5.08. The van der Waals surface area contributed by atoms with E-state index in [4.69, 9.17) is 0 Å². The highest BCUT2D eigenvalue weighted by Crippen LogP contribution is 2.22. The highest BCUT2D eigenvalue weighted by atomic mass is 16.6. The Morgan fingerprint density at radius 1 is 1.27 bits per heavy atom. The molecule has 2 aromatic carbocycles. The Bertz CT molecular complexity index is 977.